The lowest BCUT2D eigenvalue weighted by Crippen LogP contribution is -2.27. The Labute approximate surface area is 123 Å². The van der Waals surface area contributed by atoms with E-state index in [1.165, 1.54) is 5.56 Å². The van der Waals surface area contributed by atoms with E-state index in [2.05, 4.69) is 47.2 Å². The van der Waals surface area contributed by atoms with Crippen LogP contribution in [0.2, 0.25) is 0 Å². The quantitative estimate of drug-likeness (QED) is 0.897. The second-order valence-corrected chi connectivity index (χ2v) is 6.13. The Morgan fingerprint density at radius 2 is 2.11 bits per heavy atom. The molecule has 1 fully saturated rings. The van der Waals surface area contributed by atoms with Crippen LogP contribution in [-0.2, 0) is 11.3 Å². The van der Waals surface area contributed by atoms with Gasteiger partial charge in [0.1, 0.15) is 11.9 Å². The Balaban J connectivity index is 2.04. The van der Waals surface area contributed by atoms with Crippen molar-refractivity contribution in [2.24, 2.45) is 0 Å². The SMILES string of the molecule is CC(C)NCc1cc(Br)ccc1OC1CCOCC1. The van der Waals surface area contributed by atoms with Crippen molar-refractivity contribution in [3.05, 3.63) is 28.2 Å². The van der Waals surface area contributed by atoms with Crippen LogP contribution in [0.3, 0.4) is 0 Å². The summed E-state index contributed by atoms with van der Waals surface area (Å²) in [6.07, 6.45) is 2.24. The summed E-state index contributed by atoms with van der Waals surface area (Å²) in [7, 11) is 0. The van der Waals surface area contributed by atoms with Gasteiger partial charge in [-0.2, -0.15) is 0 Å². The van der Waals surface area contributed by atoms with Gasteiger partial charge in [-0.25, -0.2) is 0 Å². The molecule has 0 amide bonds. The van der Waals surface area contributed by atoms with Gasteiger partial charge in [0.05, 0.1) is 13.2 Å². The fourth-order valence-electron chi connectivity index (χ4n) is 2.09. The molecule has 0 bridgehead atoms. The lowest BCUT2D eigenvalue weighted by molar-refractivity contribution is 0.0251. The van der Waals surface area contributed by atoms with Gasteiger partial charge in [-0.15, -0.1) is 0 Å². The van der Waals surface area contributed by atoms with Gasteiger partial charge in [0, 0.05) is 35.5 Å². The van der Waals surface area contributed by atoms with Crippen LogP contribution >= 0.6 is 15.9 Å². The van der Waals surface area contributed by atoms with Gasteiger partial charge in [-0.3, -0.25) is 0 Å². The van der Waals surface area contributed by atoms with E-state index in [-0.39, 0.29) is 6.10 Å². The molecule has 1 heterocycles. The molecule has 3 nitrogen and oxygen atoms in total. The van der Waals surface area contributed by atoms with Crippen LogP contribution in [0.1, 0.15) is 32.3 Å². The molecule has 2 rings (SSSR count). The molecule has 106 valence electrons. The van der Waals surface area contributed by atoms with E-state index in [1.807, 2.05) is 6.07 Å². The first kappa shape index (κ1) is 14.8. The summed E-state index contributed by atoms with van der Waals surface area (Å²) in [5.41, 5.74) is 1.20. The van der Waals surface area contributed by atoms with Crippen LogP contribution in [0.15, 0.2) is 22.7 Å². The molecular formula is C15H22BrNO2. The average Bonchev–Trinajstić information content (AvgIpc) is 2.40. The van der Waals surface area contributed by atoms with Gasteiger partial charge in [0.2, 0.25) is 0 Å². The largest absolute Gasteiger partial charge is 0.490 e. The first-order valence-corrected chi connectivity index (χ1v) is 7.70. The van der Waals surface area contributed by atoms with Crippen molar-refractivity contribution in [1.82, 2.24) is 5.32 Å². The molecule has 1 saturated heterocycles. The molecule has 1 aromatic carbocycles. The maximum absolute atomic E-state index is 6.13. The van der Waals surface area contributed by atoms with Gasteiger partial charge in [-0.1, -0.05) is 29.8 Å². The number of ether oxygens (including phenoxy) is 2. The first-order valence-electron chi connectivity index (χ1n) is 6.91. The minimum Gasteiger partial charge on any atom is -0.490 e. The Morgan fingerprint density at radius 1 is 1.37 bits per heavy atom. The molecule has 4 heteroatoms. The van der Waals surface area contributed by atoms with E-state index >= 15 is 0 Å². The molecule has 0 aromatic heterocycles. The molecule has 0 saturated carbocycles. The molecule has 1 N–H and O–H groups in total. The molecule has 0 aliphatic carbocycles. The number of hydrogen-bond acceptors (Lipinski definition) is 3. The van der Waals surface area contributed by atoms with Crippen molar-refractivity contribution >= 4 is 15.9 Å². The van der Waals surface area contributed by atoms with Crippen molar-refractivity contribution < 1.29 is 9.47 Å². The Hall–Kier alpha value is -0.580. The first-order chi connectivity index (χ1) is 9.15. The third-order valence-electron chi connectivity index (χ3n) is 3.19. The van der Waals surface area contributed by atoms with E-state index < -0.39 is 0 Å². The zero-order chi connectivity index (χ0) is 13.7. The second kappa shape index (κ2) is 7.27. The molecule has 1 aliphatic heterocycles. The normalized spacial score (nSPS) is 16.8. The van der Waals surface area contributed by atoms with Crippen molar-refractivity contribution in [3.8, 4) is 5.75 Å². The van der Waals surface area contributed by atoms with Crippen LogP contribution in [0.4, 0.5) is 0 Å². The van der Waals surface area contributed by atoms with Gasteiger partial charge >= 0.3 is 0 Å². The Kier molecular flexibility index (Phi) is 5.67. The predicted octanol–water partition coefficient (Wildman–Crippen LogP) is 3.50. The molecule has 1 aromatic rings. The number of hydrogen-bond donors (Lipinski definition) is 1. The second-order valence-electron chi connectivity index (χ2n) is 5.22. The van der Waals surface area contributed by atoms with Gasteiger partial charge in [-0.05, 0) is 18.2 Å². The summed E-state index contributed by atoms with van der Waals surface area (Å²) in [4.78, 5) is 0. The lowest BCUT2D eigenvalue weighted by atomic mass is 10.1. The van der Waals surface area contributed by atoms with Crippen LogP contribution in [-0.4, -0.2) is 25.4 Å². The molecule has 1 aliphatic rings. The number of rotatable bonds is 5. The monoisotopic (exact) mass is 327 g/mol. The zero-order valence-corrected chi connectivity index (χ0v) is 13.2. The summed E-state index contributed by atoms with van der Waals surface area (Å²) < 4.78 is 12.6. The summed E-state index contributed by atoms with van der Waals surface area (Å²) in [5.74, 6) is 0.989. The van der Waals surface area contributed by atoms with Crippen molar-refractivity contribution in [3.63, 3.8) is 0 Å². The highest BCUT2D eigenvalue weighted by molar-refractivity contribution is 9.10. The highest BCUT2D eigenvalue weighted by Crippen LogP contribution is 2.26. The topological polar surface area (TPSA) is 30.5 Å². The number of nitrogens with one attached hydrogen (secondary N) is 1. The molecule has 19 heavy (non-hydrogen) atoms. The minimum absolute atomic E-state index is 0.285. The fraction of sp³-hybridized carbons (Fsp3) is 0.600. The van der Waals surface area contributed by atoms with E-state index in [9.17, 15) is 0 Å². The Morgan fingerprint density at radius 3 is 2.79 bits per heavy atom. The zero-order valence-electron chi connectivity index (χ0n) is 11.6. The summed E-state index contributed by atoms with van der Waals surface area (Å²) in [5, 5.41) is 3.44. The van der Waals surface area contributed by atoms with Crippen LogP contribution in [0.25, 0.3) is 0 Å². The molecule has 0 radical (unpaired) electrons. The summed E-state index contributed by atoms with van der Waals surface area (Å²) in [6, 6.07) is 6.68. The van der Waals surface area contributed by atoms with Gasteiger partial charge in [0.25, 0.3) is 0 Å². The van der Waals surface area contributed by atoms with Crippen LogP contribution in [0.5, 0.6) is 5.75 Å². The predicted molar refractivity (Wildman–Crippen MR) is 80.6 cm³/mol. The molecular weight excluding hydrogens is 306 g/mol. The van der Waals surface area contributed by atoms with E-state index in [4.69, 9.17) is 9.47 Å². The highest BCUT2D eigenvalue weighted by Gasteiger charge is 2.17. The number of halogens is 1. The van der Waals surface area contributed by atoms with Crippen LogP contribution < -0.4 is 10.1 Å². The maximum Gasteiger partial charge on any atom is 0.124 e. The maximum atomic E-state index is 6.13. The fourth-order valence-corrected chi connectivity index (χ4v) is 2.50. The van der Waals surface area contributed by atoms with E-state index in [1.54, 1.807) is 0 Å². The molecule has 0 spiro atoms. The highest BCUT2D eigenvalue weighted by atomic mass is 79.9. The lowest BCUT2D eigenvalue weighted by Gasteiger charge is -2.25. The third kappa shape index (κ3) is 4.79. The summed E-state index contributed by atoms with van der Waals surface area (Å²) >= 11 is 3.53. The molecule has 0 unspecified atom stereocenters. The number of benzene rings is 1. The van der Waals surface area contributed by atoms with Crippen LogP contribution in [0, 0.1) is 0 Å². The standard InChI is InChI=1S/C15H22BrNO2/c1-11(2)17-10-12-9-13(16)3-4-15(12)19-14-5-7-18-8-6-14/h3-4,9,11,14,17H,5-8,10H2,1-2H3. The van der Waals surface area contributed by atoms with Gasteiger partial charge in [0.15, 0.2) is 0 Å². The van der Waals surface area contributed by atoms with E-state index in [0.29, 0.717) is 6.04 Å². The van der Waals surface area contributed by atoms with Crippen molar-refractivity contribution in [2.45, 2.75) is 45.4 Å². The van der Waals surface area contributed by atoms with Gasteiger partial charge < -0.3 is 14.8 Å². The minimum atomic E-state index is 0.285. The third-order valence-corrected chi connectivity index (χ3v) is 3.68. The van der Waals surface area contributed by atoms with Crippen molar-refractivity contribution in [1.29, 1.82) is 0 Å². The summed E-state index contributed by atoms with van der Waals surface area (Å²) in [6.45, 7) is 6.74. The van der Waals surface area contributed by atoms with E-state index in [0.717, 1.165) is 42.8 Å². The molecule has 0 atom stereocenters. The average molecular weight is 328 g/mol. The Bertz CT molecular complexity index is 403. The smallest absolute Gasteiger partial charge is 0.124 e. The van der Waals surface area contributed by atoms with Crippen molar-refractivity contribution in [2.75, 3.05) is 13.2 Å².